The van der Waals surface area contributed by atoms with E-state index in [1.54, 1.807) is 14.2 Å². The summed E-state index contributed by atoms with van der Waals surface area (Å²) < 4.78 is 33.2. The Morgan fingerprint density at radius 3 is 1.14 bits per heavy atom. The third-order valence-corrected chi connectivity index (χ3v) is 0. The number of rotatable bonds is 0. The number of methoxy groups -OCH3 is 1. The molecule has 0 heterocycles. The monoisotopic (exact) mass is 114 g/mol. The van der Waals surface area contributed by atoms with Gasteiger partial charge in [0, 0.05) is 14.2 Å². The van der Waals surface area contributed by atoms with Crippen molar-refractivity contribution in [2.24, 2.45) is 0 Å². The van der Waals surface area contributed by atoms with Crippen molar-refractivity contribution < 1.29 is 17.7 Å². The first kappa shape index (κ1) is 9.94. The second kappa shape index (κ2) is 9.26. The topological polar surface area (TPSA) is 9.23 Å². The van der Waals surface area contributed by atoms with Crippen LogP contribution in [0.15, 0.2) is 0 Å². The zero-order valence-electron chi connectivity index (χ0n) is 4.12. The average Bonchev–Trinajstić information content (AvgIpc) is 1.33. The Bertz CT molecular complexity index is 24.1. The molecule has 0 saturated carbocycles. The van der Waals surface area contributed by atoms with Gasteiger partial charge in [0.25, 0.3) is 0 Å². The molecule has 0 bridgehead atoms. The summed E-state index contributed by atoms with van der Waals surface area (Å²) in [6.45, 7) is 0. The largest absolute Gasteiger partial charge is 0.762 e. The summed E-state index contributed by atoms with van der Waals surface area (Å²) in [6.07, 6.45) is 0. The van der Waals surface area contributed by atoms with Gasteiger partial charge in [-0.05, 0) is 0 Å². The number of hydrogen-bond donors (Lipinski definition) is 0. The molecule has 0 radical (unpaired) electrons. The third kappa shape index (κ3) is 2470. The molecular formula is C2H6BF3O. The molecule has 0 N–H and O–H groups in total. The van der Waals surface area contributed by atoms with Crippen LogP contribution < -0.4 is 0 Å². The van der Waals surface area contributed by atoms with E-state index < -0.39 is 7.54 Å². The van der Waals surface area contributed by atoms with Crippen LogP contribution in [-0.2, 0) is 4.74 Å². The van der Waals surface area contributed by atoms with Gasteiger partial charge in [0.05, 0.1) is 0 Å². The second-order valence-corrected chi connectivity index (χ2v) is 0.656. The molecule has 0 aliphatic rings. The van der Waals surface area contributed by atoms with Crippen molar-refractivity contribution in [3.8, 4) is 0 Å². The molecule has 0 aliphatic heterocycles. The van der Waals surface area contributed by atoms with Crippen LogP contribution in [0.5, 0.6) is 0 Å². The van der Waals surface area contributed by atoms with E-state index in [0.717, 1.165) is 0 Å². The van der Waals surface area contributed by atoms with E-state index in [1.165, 1.54) is 0 Å². The highest BCUT2D eigenvalue weighted by molar-refractivity contribution is 6.33. The lowest BCUT2D eigenvalue weighted by Gasteiger charge is -1.61. The molecule has 7 heavy (non-hydrogen) atoms. The Morgan fingerprint density at radius 1 is 1.14 bits per heavy atom. The Labute approximate surface area is 40.7 Å². The first-order chi connectivity index (χ1) is 3.15. The summed E-state index contributed by atoms with van der Waals surface area (Å²) >= 11 is 0. The van der Waals surface area contributed by atoms with Gasteiger partial charge in [-0.2, -0.15) is 0 Å². The van der Waals surface area contributed by atoms with E-state index in [0.29, 0.717) is 0 Å². The SMILES string of the molecule is COC.FB(F)F. The minimum Gasteiger partial charge on any atom is -0.388 e. The second-order valence-electron chi connectivity index (χ2n) is 0.656. The normalized spacial score (nSPS) is 6.43. The Kier molecular flexibility index (Phi) is 13.2. The van der Waals surface area contributed by atoms with Gasteiger partial charge in [-0.25, -0.2) is 0 Å². The Hall–Kier alpha value is -0.185. The summed E-state index contributed by atoms with van der Waals surface area (Å²) in [5.41, 5.74) is 0. The van der Waals surface area contributed by atoms with E-state index in [9.17, 15) is 12.9 Å². The zero-order valence-corrected chi connectivity index (χ0v) is 4.12. The van der Waals surface area contributed by atoms with Crippen LogP contribution in [0.4, 0.5) is 12.9 Å². The van der Waals surface area contributed by atoms with Gasteiger partial charge in [-0.1, -0.05) is 0 Å². The fourth-order valence-corrected chi connectivity index (χ4v) is 0. The number of hydrogen-bond acceptors (Lipinski definition) is 1. The molecule has 0 aromatic rings. The first-order valence-electron chi connectivity index (χ1n) is 1.47. The molecule has 0 amide bonds. The Balaban J connectivity index is 0. The number of ether oxygens (including phenoxy) is 1. The maximum atomic E-state index is 9.67. The smallest absolute Gasteiger partial charge is 0.388 e. The van der Waals surface area contributed by atoms with Crippen LogP contribution in [0.3, 0.4) is 0 Å². The number of halogens is 3. The standard InChI is InChI=1S/C2H6O.BF3/c1-3-2;2-1(3)4/h1-2H3;. The lowest BCUT2D eigenvalue weighted by atomic mass is 10.5. The van der Waals surface area contributed by atoms with E-state index in [1.807, 2.05) is 0 Å². The summed E-state index contributed by atoms with van der Waals surface area (Å²) in [7, 11) is -0.417. The molecule has 0 aromatic heterocycles. The predicted octanol–water partition coefficient (Wildman–Crippen LogP) is 1.14. The van der Waals surface area contributed by atoms with Crippen molar-refractivity contribution in [3.05, 3.63) is 0 Å². The minimum absolute atomic E-state index is 1.62. The van der Waals surface area contributed by atoms with Gasteiger partial charge in [0.2, 0.25) is 0 Å². The molecular weight excluding hydrogens is 108 g/mol. The molecule has 0 aromatic carbocycles. The zero-order chi connectivity index (χ0) is 6.28. The van der Waals surface area contributed by atoms with E-state index in [-0.39, 0.29) is 0 Å². The molecule has 0 fully saturated rings. The minimum atomic E-state index is -3.67. The van der Waals surface area contributed by atoms with Crippen LogP contribution in [0.25, 0.3) is 0 Å². The van der Waals surface area contributed by atoms with Crippen molar-refractivity contribution in [1.29, 1.82) is 0 Å². The maximum Gasteiger partial charge on any atom is 0.762 e. The molecule has 0 unspecified atom stereocenters. The van der Waals surface area contributed by atoms with Crippen LogP contribution in [-0.4, -0.2) is 21.8 Å². The van der Waals surface area contributed by atoms with Gasteiger partial charge < -0.3 is 4.74 Å². The van der Waals surface area contributed by atoms with E-state index >= 15 is 0 Å². The summed E-state index contributed by atoms with van der Waals surface area (Å²) in [6, 6.07) is 0. The molecule has 0 saturated heterocycles. The van der Waals surface area contributed by atoms with E-state index in [2.05, 4.69) is 4.74 Å². The molecule has 0 aliphatic carbocycles. The molecule has 0 rings (SSSR count). The predicted molar refractivity (Wildman–Crippen MR) is 22.0 cm³/mol. The summed E-state index contributed by atoms with van der Waals surface area (Å²) in [4.78, 5) is 0. The van der Waals surface area contributed by atoms with Crippen LogP contribution in [0.2, 0.25) is 0 Å². The lowest BCUT2D eigenvalue weighted by Crippen LogP contribution is -1.76. The van der Waals surface area contributed by atoms with Gasteiger partial charge in [0.1, 0.15) is 0 Å². The quantitative estimate of drug-likeness (QED) is 0.429. The van der Waals surface area contributed by atoms with Gasteiger partial charge in [-0.15, -0.1) is 0 Å². The van der Waals surface area contributed by atoms with Crippen molar-refractivity contribution in [1.82, 2.24) is 0 Å². The van der Waals surface area contributed by atoms with Gasteiger partial charge in [0.15, 0.2) is 0 Å². The first-order valence-corrected chi connectivity index (χ1v) is 1.47. The molecule has 0 spiro atoms. The van der Waals surface area contributed by atoms with Gasteiger partial charge in [-0.3, -0.25) is 12.9 Å². The lowest BCUT2D eigenvalue weighted by molar-refractivity contribution is 0.277. The van der Waals surface area contributed by atoms with Crippen molar-refractivity contribution >= 4 is 7.54 Å². The molecule has 5 heteroatoms. The van der Waals surface area contributed by atoms with E-state index in [4.69, 9.17) is 0 Å². The molecule has 44 valence electrons. The highest BCUT2D eigenvalue weighted by atomic mass is 19.4. The van der Waals surface area contributed by atoms with Gasteiger partial charge >= 0.3 is 7.54 Å². The fraction of sp³-hybridized carbons (Fsp3) is 1.00. The van der Waals surface area contributed by atoms with Crippen molar-refractivity contribution in [2.45, 2.75) is 0 Å². The summed E-state index contributed by atoms with van der Waals surface area (Å²) in [5.74, 6) is 0. The van der Waals surface area contributed by atoms with Crippen molar-refractivity contribution in [2.75, 3.05) is 14.2 Å². The molecule has 0 atom stereocenters. The summed E-state index contributed by atoms with van der Waals surface area (Å²) in [5, 5.41) is 0. The molecule has 1 nitrogen and oxygen atoms in total. The highest BCUT2D eigenvalue weighted by Crippen LogP contribution is 1.80. The Morgan fingerprint density at radius 2 is 1.14 bits per heavy atom. The average molecular weight is 114 g/mol. The van der Waals surface area contributed by atoms with Crippen LogP contribution >= 0.6 is 0 Å². The van der Waals surface area contributed by atoms with Crippen LogP contribution in [0, 0.1) is 0 Å². The van der Waals surface area contributed by atoms with Crippen LogP contribution in [0.1, 0.15) is 0 Å². The fourth-order valence-electron chi connectivity index (χ4n) is 0. The maximum absolute atomic E-state index is 9.67. The van der Waals surface area contributed by atoms with Crippen molar-refractivity contribution in [3.63, 3.8) is 0 Å². The highest BCUT2D eigenvalue weighted by Gasteiger charge is 2.06. The third-order valence-electron chi connectivity index (χ3n) is 0.